The second-order valence-electron chi connectivity index (χ2n) is 4.75. The minimum atomic E-state index is -0.337. The second kappa shape index (κ2) is 6.69. The molecule has 2 aromatic rings. The molecule has 2 rings (SSSR count). The SMILES string of the molecule is CC[C@@H](C)NC(=O)c1ccccc1NC(=O)c1ccn[nH]1. The minimum absolute atomic E-state index is 0.0777. The van der Waals surface area contributed by atoms with Gasteiger partial charge in [0.25, 0.3) is 11.8 Å². The number of carbonyl (C=O) groups is 2. The number of aromatic amines is 1. The summed E-state index contributed by atoms with van der Waals surface area (Å²) in [6.45, 7) is 3.93. The van der Waals surface area contributed by atoms with E-state index in [1.54, 1.807) is 30.3 Å². The van der Waals surface area contributed by atoms with E-state index in [9.17, 15) is 9.59 Å². The number of anilines is 1. The molecule has 2 amide bonds. The molecule has 6 heteroatoms. The van der Waals surface area contributed by atoms with Gasteiger partial charge in [-0.15, -0.1) is 0 Å². The van der Waals surface area contributed by atoms with Crippen LogP contribution < -0.4 is 10.6 Å². The first-order valence-electron chi connectivity index (χ1n) is 6.82. The Labute approximate surface area is 122 Å². The molecular weight excluding hydrogens is 268 g/mol. The molecule has 0 saturated heterocycles. The lowest BCUT2D eigenvalue weighted by Gasteiger charge is -2.14. The van der Waals surface area contributed by atoms with Gasteiger partial charge in [0.15, 0.2) is 0 Å². The standard InChI is InChI=1S/C15H18N4O2/c1-3-10(2)17-14(20)11-6-4-5-7-12(11)18-15(21)13-8-9-16-19-13/h4-10H,3H2,1-2H3,(H,16,19)(H,17,20)(H,18,21)/t10-/m1/s1. The summed E-state index contributed by atoms with van der Waals surface area (Å²) in [5, 5.41) is 11.9. The normalized spacial score (nSPS) is 11.7. The van der Waals surface area contributed by atoms with Crippen LogP contribution in [0.4, 0.5) is 5.69 Å². The number of carbonyl (C=O) groups excluding carboxylic acids is 2. The molecule has 0 fully saturated rings. The molecule has 0 spiro atoms. The zero-order valence-corrected chi connectivity index (χ0v) is 12.0. The monoisotopic (exact) mass is 286 g/mol. The first kappa shape index (κ1) is 14.8. The Bertz CT molecular complexity index is 622. The fourth-order valence-electron chi connectivity index (χ4n) is 1.77. The fourth-order valence-corrected chi connectivity index (χ4v) is 1.77. The van der Waals surface area contributed by atoms with E-state index >= 15 is 0 Å². The summed E-state index contributed by atoms with van der Waals surface area (Å²) in [6.07, 6.45) is 2.34. The van der Waals surface area contributed by atoms with Crippen molar-refractivity contribution in [3.63, 3.8) is 0 Å². The van der Waals surface area contributed by atoms with E-state index in [-0.39, 0.29) is 17.9 Å². The molecule has 110 valence electrons. The summed E-state index contributed by atoms with van der Waals surface area (Å²) >= 11 is 0. The lowest BCUT2D eigenvalue weighted by molar-refractivity contribution is 0.0940. The summed E-state index contributed by atoms with van der Waals surface area (Å²) in [6, 6.07) is 8.55. The molecule has 1 aromatic carbocycles. The molecule has 0 unspecified atom stereocenters. The number of benzene rings is 1. The molecule has 1 heterocycles. The van der Waals surface area contributed by atoms with Crippen molar-refractivity contribution in [3.8, 4) is 0 Å². The third kappa shape index (κ3) is 3.68. The third-order valence-corrected chi connectivity index (χ3v) is 3.16. The maximum Gasteiger partial charge on any atom is 0.273 e. The first-order chi connectivity index (χ1) is 10.1. The van der Waals surface area contributed by atoms with E-state index in [1.165, 1.54) is 6.20 Å². The van der Waals surface area contributed by atoms with Crippen molar-refractivity contribution in [3.05, 3.63) is 47.8 Å². The lowest BCUT2D eigenvalue weighted by atomic mass is 10.1. The molecule has 0 radical (unpaired) electrons. The number of para-hydroxylation sites is 1. The van der Waals surface area contributed by atoms with Crippen LogP contribution in [0.1, 0.15) is 41.1 Å². The van der Waals surface area contributed by atoms with Gasteiger partial charge in [-0.1, -0.05) is 19.1 Å². The Balaban J connectivity index is 2.17. The van der Waals surface area contributed by atoms with Gasteiger partial charge in [0.1, 0.15) is 5.69 Å². The number of amides is 2. The Morgan fingerprint density at radius 3 is 2.67 bits per heavy atom. The second-order valence-corrected chi connectivity index (χ2v) is 4.75. The molecule has 1 aromatic heterocycles. The predicted octanol–water partition coefficient (Wildman–Crippen LogP) is 2.19. The number of nitrogens with one attached hydrogen (secondary N) is 3. The largest absolute Gasteiger partial charge is 0.350 e. The van der Waals surface area contributed by atoms with E-state index in [1.807, 2.05) is 13.8 Å². The number of hydrogen-bond donors (Lipinski definition) is 3. The van der Waals surface area contributed by atoms with Crippen LogP contribution in [0.5, 0.6) is 0 Å². The van der Waals surface area contributed by atoms with Gasteiger partial charge >= 0.3 is 0 Å². The van der Waals surface area contributed by atoms with Crippen LogP contribution in [0.3, 0.4) is 0 Å². The van der Waals surface area contributed by atoms with Crippen LogP contribution in [-0.4, -0.2) is 28.1 Å². The number of rotatable bonds is 5. The van der Waals surface area contributed by atoms with E-state index < -0.39 is 0 Å². The van der Waals surface area contributed by atoms with Crippen LogP contribution in [0, 0.1) is 0 Å². The van der Waals surface area contributed by atoms with Gasteiger partial charge < -0.3 is 10.6 Å². The van der Waals surface area contributed by atoms with Crippen molar-refractivity contribution in [2.24, 2.45) is 0 Å². The van der Waals surface area contributed by atoms with Crippen molar-refractivity contribution in [2.75, 3.05) is 5.32 Å². The highest BCUT2D eigenvalue weighted by atomic mass is 16.2. The molecule has 0 aliphatic heterocycles. The topological polar surface area (TPSA) is 86.9 Å². The smallest absolute Gasteiger partial charge is 0.273 e. The molecule has 0 saturated carbocycles. The van der Waals surface area contributed by atoms with Crippen molar-refractivity contribution in [2.45, 2.75) is 26.3 Å². The lowest BCUT2D eigenvalue weighted by Crippen LogP contribution is -2.32. The van der Waals surface area contributed by atoms with Gasteiger partial charge in [0.2, 0.25) is 0 Å². The van der Waals surface area contributed by atoms with Crippen molar-refractivity contribution < 1.29 is 9.59 Å². The summed E-state index contributed by atoms with van der Waals surface area (Å²) in [4.78, 5) is 24.2. The summed E-state index contributed by atoms with van der Waals surface area (Å²) in [7, 11) is 0. The Kier molecular flexibility index (Phi) is 4.71. The minimum Gasteiger partial charge on any atom is -0.350 e. The third-order valence-electron chi connectivity index (χ3n) is 3.16. The van der Waals surface area contributed by atoms with E-state index in [0.29, 0.717) is 16.9 Å². The van der Waals surface area contributed by atoms with Gasteiger partial charge in [-0.3, -0.25) is 14.7 Å². The average molecular weight is 286 g/mol. The summed E-state index contributed by atoms with van der Waals surface area (Å²) in [5.74, 6) is -0.541. The molecule has 0 aliphatic rings. The van der Waals surface area contributed by atoms with Crippen molar-refractivity contribution >= 4 is 17.5 Å². The number of H-pyrrole nitrogens is 1. The molecule has 0 aliphatic carbocycles. The van der Waals surface area contributed by atoms with Gasteiger partial charge in [0, 0.05) is 12.2 Å². The Morgan fingerprint density at radius 2 is 2.00 bits per heavy atom. The summed E-state index contributed by atoms with van der Waals surface area (Å²) in [5.41, 5.74) is 1.25. The zero-order valence-electron chi connectivity index (χ0n) is 12.0. The molecule has 6 nitrogen and oxygen atoms in total. The van der Waals surface area contributed by atoms with Crippen LogP contribution >= 0.6 is 0 Å². The number of aromatic nitrogens is 2. The highest BCUT2D eigenvalue weighted by molar-refractivity contribution is 6.08. The van der Waals surface area contributed by atoms with Crippen molar-refractivity contribution in [1.29, 1.82) is 0 Å². The van der Waals surface area contributed by atoms with Crippen LogP contribution in [0.2, 0.25) is 0 Å². The van der Waals surface area contributed by atoms with Crippen LogP contribution in [0.15, 0.2) is 36.5 Å². The highest BCUT2D eigenvalue weighted by Gasteiger charge is 2.15. The molecule has 3 N–H and O–H groups in total. The quantitative estimate of drug-likeness (QED) is 0.787. The fraction of sp³-hybridized carbons (Fsp3) is 0.267. The first-order valence-corrected chi connectivity index (χ1v) is 6.82. The summed E-state index contributed by atoms with van der Waals surface area (Å²) < 4.78 is 0. The number of nitrogens with zero attached hydrogens (tertiary/aromatic N) is 1. The Morgan fingerprint density at radius 1 is 1.24 bits per heavy atom. The van der Waals surface area contributed by atoms with E-state index in [0.717, 1.165) is 6.42 Å². The zero-order chi connectivity index (χ0) is 15.2. The van der Waals surface area contributed by atoms with Crippen molar-refractivity contribution in [1.82, 2.24) is 15.5 Å². The molecule has 21 heavy (non-hydrogen) atoms. The van der Waals surface area contributed by atoms with Crippen LogP contribution in [-0.2, 0) is 0 Å². The van der Waals surface area contributed by atoms with Gasteiger partial charge in [-0.2, -0.15) is 5.10 Å². The average Bonchev–Trinajstić information content (AvgIpc) is 3.01. The van der Waals surface area contributed by atoms with E-state index in [2.05, 4.69) is 20.8 Å². The maximum absolute atomic E-state index is 12.2. The highest BCUT2D eigenvalue weighted by Crippen LogP contribution is 2.16. The molecule has 0 bridgehead atoms. The van der Waals surface area contributed by atoms with Gasteiger partial charge in [-0.05, 0) is 31.5 Å². The van der Waals surface area contributed by atoms with Gasteiger partial charge in [-0.25, -0.2) is 0 Å². The van der Waals surface area contributed by atoms with Gasteiger partial charge in [0.05, 0.1) is 11.3 Å². The molecule has 1 atom stereocenters. The Hall–Kier alpha value is -2.63. The van der Waals surface area contributed by atoms with E-state index in [4.69, 9.17) is 0 Å². The van der Waals surface area contributed by atoms with Crippen LogP contribution in [0.25, 0.3) is 0 Å². The number of hydrogen-bond acceptors (Lipinski definition) is 3. The maximum atomic E-state index is 12.2. The molecular formula is C15H18N4O2. The predicted molar refractivity (Wildman–Crippen MR) is 80.2 cm³/mol.